The lowest BCUT2D eigenvalue weighted by Gasteiger charge is -2.19. The van der Waals surface area contributed by atoms with E-state index in [2.05, 4.69) is 16.7 Å². The molecule has 0 unspecified atom stereocenters. The number of nitrogens with one attached hydrogen (secondary N) is 2. The van der Waals surface area contributed by atoms with Crippen LogP contribution in [0.1, 0.15) is 39.2 Å². The maximum Gasteiger partial charge on any atom is 0.407 e. The molecule has 0 aliphatic rings. The van der Waals surface area contributed by atoms with Crippen molar-refractivity contribution in [1.29, 1.82) is 0 Å². The Morgan fingerprint density at radius 1 is 1.19 bits per heavy atom. The Morgan fingerprint density at radius 2 is 1.86 bits per heavy atom. The van der Waals surface area contributed by atoms with Gasteiger partial charge in [0, 0.05) is 19.5 Å². The van der Waals surface area contributed by atoms with Crippen molar-refractivity contribution >= 4 is 12.0 Å². The van der Waals surface area contributed by atoms with Crippen LogP contribution in [-0.2, 0) is 16.1 Å². The second-order valence-corrected chi connectivity index (χ2v) is 5.72. The van der Waals surface area contributed by atoms with Crippen molar-refractivity contribution < 1.29 is 14.3 Å². The van der Waals surface area contributed by atoms with E-state index in [4.69, 9.17) is 4.74 Å². The molecule has 0 saturated heterocycles. The van der Waals surface area contributed by atoms with Crippen molar-refractivity contribution in [2.75, 3.05) is 6.54 Å². The number of amides is 2. The zero-order valence-electron chi connectivity index (χ0n) is 12.9. The first kappa shape index (κ1) is 17.0. The van der Waals surface area contributed by atoms with Gasteiger partial charge in [0.15, 0.2) is 0 Å². The van der Waals surface area contributed by atoms with Crippen LogP contribution in [0.25, 0.3) is 0 Å². The first-order valence-electron chi connectivity index (χ1n) is 7.05. The minimum Gasteiger partial charge on any atom is -0.444 e. The molecule has 1 aromatic rings. The number of benzene rings is 1. The third-order valence-corrected chi connectivity index (χ3v) is 2.53. The fraction of sp³-hybridized carbons (Fsp3) is 0.500. The quantitative estimate of drug-likeness (QED) is 0.791. The molecule has 21 heavy (non-hydrogen) atoms. The zero-order valence-corrected chi connectivity index (χ0v) is 12.9. The zero-order chi connectivity index (χ0) is 15.7. The number of rotatable bonds is 6. The topological polar surface area (TPSA) is 67.4 Å². The molecule has 0 bridgehead atoms. The summed E-state index contributed by atoms with van der Waals surface area (Å²) >= 11 is 0. The summed E-state index contributed by atoms with van der Waals surface area (Å²) in [5.74, 6) is -0.0335. The first-order chi connectivity index (χ1) is 9.87. The van der Waals surface area contributed by atoms with E-state index in [1.165, 1.54) is 0 Å². The second-order valence-electron chi connectivity index (χ2n) is 5.72. The minimum absolute atomic E-state index is 0.0335. The number of ether oxygens (including phenoxy) is 1. The number of alkyl carbamates (subject to hydrolysis) is 1. The van der Waals surface area contributed by atoms with Gasteiger partial charge in [0.05, 0.1) is 0 Å². The van der Waals surface area contributed by atoms with Crippen molar-refractivity contribution in [2.24, 2.45) is 0 Å². The van der Waals surface area contributed by atoms with Gasteiger partial charge in [0.1, 0.15) is 5.60 Å². The lowest BCUT2D eigenvalue weighted by molar-refractivity contribution is -0.121. The van der Waals surface area contributed by atoms with E-state index < -0.39 is 11.7 Å². The fourth-order valence-corrected chi connectivity index (χ4v) is 1.58. The molecule has 0 heterocycles. The lowest BCUT2D eigenvalue weighted by atomic mass is 10.2. The Labute approximate surface area is 126 Å². The van der Waals surface area contributed by atoms with E-state index in [1.54, 1.807) is 20.8 Å². The average Bonchev–Trinajstić information content (AvgIpc) is 2.40. The molecule has 0 aliphatic heterocycles. The van der Waals surface area contributed by atoms with Gasteiger partial charge in [-0.25, -0.2) is 4.79 Å². The number of hydrogen-bond acceptors (Lipinski definition) is 3. The average molecular weight is 291 g/mol. The highest BCUT2D eigenvalue weighted by atomic mass is 16.6. The smallest absolute Gasteiger partial charge is 0.407 e. The van der Waals surface area contributed by atoms with Crippen molar-refractivity contribution in [3.63, 3.8) is 0 Å². The maximum atomic E-state index is 11.6. The highest BCUT2D eigenvalue weighted by Crippen LogP contribution is 2.06. The lowest BCUT2D eigenvalue weighted by Crippen LogP contribution is -2.33. The fourth-order valence-electron chi connectivity index (χ4n) is 1.58. The minimum atomic E-state index is -0.505. The van der Waals surface area contributed by atoms with E-state index in [9.17, 15) is 9.59 Å². The van der Waals surface area contributed by atoms with Gasteiger partial charge in [0.2, 0.25) is 5.91 Å². The van der Waals surface area contributed by atoms with Gasteiger partial charge in [-0.15, -0.1) is 0 Å². The summed E-state index contributed by atoms with van der Waals surface area (Å²) in [6, 6.07) is 10.4. The van der Waals surface area contributed by atoms with Crippen molar-refractivity contribution in [3.8, 4) is 0 Å². The van der Waals surface area contributed by atoms with E-state index >= 15 is 0 Å². The molecule has 2 N–H and O–H groups in total. The molecule has 0 atom stereocenters. The van der Waals surface area contributed by atoms with Gasteiger partial charge in [-0.3, -0.25) is 4.79 Å². The molecule has 5 nitrogen and oxygen atoms in total. The van der Waals surface area contributed by atoms with Gasteiger partial charge in [-0.2, -0.15) is 0 Å². The molecular weight excluding hydrogens is 268 g/mol. The van der Waals surface area contributed by atoms with Crippen LogP contribution in [-0.4, -0.2) is 24.1 Å². The highest BCUT2D eigenvalue weighted by molar-refractivity contribution is 5.76. The molecule has 2 amide bonds. The summed E-state index contributed by atoms with van der Waals surface area (Å²) in [6.07, 6.45) is 0.492. The first-order valence-corrected chi connectivity index (χ1v) is 7.05. The van der Waals surface area contributed by atoms with Crippen molar-refractivity contribution in [1.82, 2.24) is 10.6 Å². The Kier molecular flexibility index (Phi) is 6.72. The van der Waals surface area contributed by atoms with Crippen LogP contribution in [0.15, 0.2) is 24.3 Å². The van der Waals surface area contributed by atoms with Crippen LogP contribution >= 0.6 is 0 Å². The molecule has 0 saturated carbocycles. The number of hydrogen-bond donors (Lipinski definition) is 2. The summed E-state index contributed by atoms with van der Waals surface area (Å²) in [6.45, 7) is 6.35. The van der Waals surface area contributed by atoms with Gasteiger partial charge in [0.25, 0.3) is 0 Å². The van der Waals surface area contributed by atoms with E-state index in [0.717, 1.165) is 5.56 Å². The largest absolute Gasteiger partial charge is 0.444 e. The normalized spacial score (nSPS) is 10.8. The predicted octanol–water partition coefficient (Wildman–Crippen LogP) is 2.41. The van der Waals surface area contributed by atoms with E-state index in [1.807, 2.05) is 24.3 Å². The standard InChI is InChI=1S/C16H23N2O3/c1-16(2,3)21-15(20)17-11-7-10-14(19)18-12-13-8-5-4-6-9-13/h5-6,8-9H,7,10-12H2,1-3H3,(H,17,20)(H,18,19). The van der Waals surface area contributed by atoms with Gasteiger partial charge in [-0.1, -0.05) is 24.3 Å². The third kappa shape index (κ3) is 8.68. The maximum absolute atomic E-state index is 11.6. The number of carbonyl (C=O) groups is 2. The van der Waals surface area contributed by atoms with Crippen LogP contribution in [0, 0.1) is 6.07 Å². The summed E-state index contributed by atoms with van der Waals surface area (Å²) in [5, 5.41) is 5.45. The SMILES string of the molecule is CC(C)(C)OC(=O)NCCCC(=O)NCc1cc[c]cc1. The van der Waals surface area contributed by atoms with Crippen molar-refractivity contribution in [2.45, 2.75) is 45.8 Å². The summed E-state index contributed by atoms with van der Waals surface area (Å²) in [7, 11) is 0. The van der Waals surface area contributed by atoms with Crippen LogP contribution < -0.4 is 10.6 Å². The van der Waals surface area contributed by atoms with E-state index in [0.29, 0.717) is 25.9 Å². The third-order valence-electron chi connectivity index (χ3n) is 2.53. The van der Waals surface area contributed by atoms with Crippen LogP contribution in [0.4, 0.5) is 4.79 Å². The molecular formula is C16H23N2O3. The van der Waals surface area contributed by atoms with Crippen LogP contribution in [0.2, 0.25) is 0 Å². The molecule has 0 fully saturated rings. The molecule has 1 aromatic carbocycles. The molecule has 115 valence electrons. The van der Waals surface area contributed by atoms with Crippen LogP contribution in [0.5, 0.6) is 0 Å². The molecule has 5 heteroatoms. The predicted molar refractivity (Wildman–Crippen MR) is 80.6 cm³/mol. The summed E-state index contributed by atoms with van der Waals surface area (Å²) in [5.41, 5.74) is 0.531. The van der Waals surface area contributed by atoms with Gasteiger partial charge in [-0.05, 0) is 38.8 Å². The van der Waals surface area contributed by atoms with Gasteiger partial charge < -0.3 is 15.4 Å². The molecule has 1 rings (SSSR count). The Bertz CT molecular complexity index is 452. The Morgan fingerprint density at radius 3 is 2.48 bits per heavy atom. The monoisotopic (exact) mass is 291 g/mol. The van der Waals surface area contributed by atoms with Crippen LogP contribution in [0.3, 0.4) is 0 Å². The summed E-state index contributed by atoms with van der Waals surface area (Å²) < 4.78 is 5.10. The number of carbonyl (C=O) groups excluding carboxylic acids is 2. The summed E-state index contributed by atoms with van der Waals surface area (Å²) in [4.78, 5) is 23.0. The molecule has 1 radical (unpaired) electrons. The highest BCUT2D eigenvalue weighted by Gasteiger charge is 2.15. The van der Waals surface area contributed by atoms with Crippen molar-refractivity contribution in [3.05, 3.63) is 35.9 Å². The van der Waals surface area contributed by atoms with Gasteiger partial charge >= 0.3 is 6.09 Å². The molecule has 0 spiro atoms. The Balaban J connectivity index is 2.10. The second kappa shape index (κ2) is 8.29. The molecule has 0 aromatic heterocycles. The molecule has 0 aliphatic carbocycles. The Hall–Kier alpha value is -2.04. The van der Waals surface area contributed by atoms with E-state index in [-0.39, 0.29) is 5.91 Å².